The Balaban J connectivity index is 2.17. The molecule has 0 saturated carbocycles. The van der Waals surface area contributed by atoms with Crippen molar-refractivity contribution in [3.8, 4) is 0 Å². The maximum atomic E-state index is 12.3. The molecule has 1 fully saturated rings. The van der Waals surface area contributed by atoms with E-state index in [1.807, 2.05) is 6.92 Å². The zero-order valence-electron chi connectivity index (χ0n) is 10.7. The summed E-state index contributed by atoms with van der Waals surface area (Å²) in [4.78, 5) is 3.88. The third-order valence-corrected chi connectivity index (χ3v) is 4.71. The molecule has 1 aliphatic heterocycles. The molecule has 0 aliphatic carbocycles. The van der Waals surface area contributed by atoms with Crippen LogP contribution in [0.25, 0.3) is 0 Å². The molecule has 8 heteroatoms. The minimum Gasteiger partial charge on any atom is -0.381 e. The van der Waals surface area contributed by atoms with Crippen molar-refractivity contribution in [1.82, 2.24) is 9.71 Å². The molecule has 1 saturated heterocycles. The SMILES string of the molecule is CC(NS(=O)(=O)c1ncccc1NN)C1CCOC1. The first-order valence-electron chi connectivity index (χ1n) is 6.06. The molecule has 0 aromatic carbocycles. The number of nitrogens with zero attached hydrogens (tertiary/aromatic N) is 1. The number of rotatable bonds is 5. The standard InChI is InChI=1S/C11H18N4O3S/c1-8(9-4-6-18-7-9)15-19(16,17)11-10(14-12)3-2-5-13-11/h2-3,5,8-9,14-15H,4,6-7,12H2,1H3. The summed E-state index contributed by atoms with van der Waals surface area (Å²) in [5, 5.41) is -0.0942. The van der Waals surface area contributed by atoms with Gasteiger partial charge in [-0.1, -0.05) is 0 Å². The van der Waals surface area contributed by atoms with Crippen LogP contribution in [-0.4, -0.2) is 32.7 Å². The number of nitrogens with two attached hydrogens (primary N) is 1. The van der Waals surface area contributed by atoms with Crippen LogP contribution in [0.15, 0.2) is 23.4 Å². The van der Waals surface area contributed by atoms with Crippen LogP contribution in [-0.2, 0) is 14.8 Å². The monoisotopic (exact) mass is 286 g/mol. The molecule has 19 heavy (non-hydrogen) atoms. The zero-order valence-corrected chi connectivity index (χ0v) is 11.5. The number of ether oxygens (including phenoxy) is 1. The number of anilines is 1. The van der Waals surface area contributed by atoms with Gasteiger partial charge in [-0.2, -0.15) is 0 Å². The Morgan fingerprint density at radius 2 is 2.37 bits per heavy atom. The second kappa shape index (κ2) is 5.83. The molecule has 0 amide bonds. The minimum absolute atomic E-state index is 0.0942. The molecule has 1 aromatic rings. The highest BCUT2D eigenvalue weighted by atomic mass is 32.2. The van der Waals surface area contributed by atoms with Gasteiger partial charge >= 0.3 is 0 Å². The largest absolute Gasteiger partial charge is 0.381 e. The van der Waals surface area contributed by atoms with E-state index in [0.29, 0.717) is 13.2 Å². The number of hydrogen-bond donors (Lipinski definition) is 3. The Bertz CT molecular complexity index is 528. The van der Waals surface area contributed by atoms with E-state index in [1.165, 1.54) is 6.20 Å². The minimum atomic E-state index is -3.70. The number of sulfonamides is 1. The lowest BCUT2D eigenvalue weighted by atomic mass is 10.0. The van der Waals surface area contributed by atoms with Crippen molar-refractivity contribution in [2.24, 2.45) is 11.8 Å². The van der Waals surface area contributed by atoms with E-state index in [1.54, 1.807) is 12.1 Å². The molecule has 4 N–H and O–H groups in total. The quantitative estimate of drug-likeness (QED) is 0.522. The molecule has 0 spiro atoms. The zero-order chi connectivity index (χ0) is 13.9. The van der Waals surface area contributed by atoms with Crippen LogP contribution in [0.5, 0.6) is 0 Å². The maximum Gasteiger partial charge on any atom is 0.260 e. The number of pyridine rings is 1. The van der Waals surface area contributed by atoms with Gasteiger partial charge in [-0.15, -0.1) is 0 Å². The van der Waals surface area contributed by atoms with Gasteiger partial charge in [-0.3, -0.25) is 5.84 Å². The van der Waals surface area contributed by atoms with Gasteiger partial charge in [0.05, 0.1) is 12.3 Å². The Kier molecular flexibility index (Phi) is 4.35. The van der Waals surface area contributed by atoms with Crippen molar-refractivity contribution in [3.63, 3.8) is 0 Å². The van der Waals surface area contributed by atoms with Gasteiger partial charge in [0.2, 0.25) is 0 Å². The lowest BCUT2D eigenvalue weighted by Crippen LogP contribution is -2.39. The van der Waals surface area contributed by atoms with Crippen molar-refractivity contribution >= 4 is 15.7 Å². The van der Waals surface area contributed by atoms with Gasteiger partial charge in [0.1, 0.15) is 0 Å². The normalized spacial score (nSPS) is 21.3. The molecule has 2 atom stereocenters. The topological polar surface area (TPSA) is 106 Å². The highest BCUT2D eigenvalue weighted by Gasteiger charge is 2.28. The molecule has 0 bridgehead atoms. The first-order valence-corrected chi connectivity index (χ1v) is 7.54. The van der Waals surface area contributed by atoms with Gasteiger partial charge < -0.3 is 10.2 Å². The summed E-state index contributed by atoms with van der Waals surface area (Å²) >= 11 is 0. The van der Waals surface area contributed by atoms with Gasteiger partial charge in [-0.05, 0) is 25.5 Å². The summed E-state index contributed by atoms with van der Waals surface area (Å²) < 4.78 is 32.4. The van der Waals surface area contributed by atoms with Crippen molar-refractivity contribution in [2.45, 2.75) is 24.4 Å². The molecule has 2 unspecified atom stereocenters. The van der Waals surface area contributed by atoms with E-state index < -0.39 is 10.0 Å². The number of hydrazine groups is 1. The van der Waals surface area contributed by atoms with Crippen LogP contribution in [0.3, 0.4) is 0 Å². The molecule has 1 aliphatic rings. The fourth-order valence-corrected chi connectivity index (χ4v) is 3.47. The average Bonchev–Trinajstić information content (AvgIpc) is 2.92. The summed E-state index contributed by atoms with van der Waals surface area (Å²) in [6.07, 6.45) is 2.27. The highest BCUT2D eigenvalue weighted by Crippen LogP contribution is 2.21. The van der Waals surface area contributed by atoms with E-state index in [4.69, 9.17) is 10.6 Å². The fourth-order valence-electron chi connectivity index (χ4n) is 2.06. The van der Waals surface area contributed by atoms with Crippen molar-refractivity contribution in [3.05, 3.63) is 18.3 Å². The average molecular weight is 286 g/mol. The van der Waals surface area contributed by atoms with E-state index >= 15 is 0 Å². The summed E-state index contributed by atoms with van der Waals surface area (Å²) in [7, 11) is -3.70. The van der Waals surface area contributed by atoms with E-state index in [9.17, 15) is 8.42 Å². The number of nitrogens with one attached hydrogen (secondary N) is 2. The number of aromatic nitrogens is 1. The fraction of sp³-hybridized carbons (Fsp3) is 0.545. The van der Waals surface area contributed by atoms with Crippen molar-refractivity contribution in [1.29, 1.82) is 0 Å². The van der Waals surface area contributed by atoms with Gasteiger partial charge in [0, 0.05) is 24.8 Å². The molecular weight excluding hydrogens is 268 g/mol. The highest BCUT2D eigenvalue weighted by molar-refractivity contribution is 7.89. The molecule has 1 aromatic heterocycles. The van der Waals surface area contributed by atoms with E-state index in [-0.39, 0.29) is 22.7 Å². The Morgan fingerprint density at radius 1 is 1.58 bits per heavy atom. The van der Waals surface area contributed by atoms with Gasteiger partial charge in [0.15, 0.2) is 5.03 Å². The van der Waals surface area contributed by atoms with Crippen LogP contribution in [0.1, 0.15) is 13.3 Å². The molecule has 106 valence electrons. The number of nitrogen functional groups attached to an aromatic ring is 1. The van der Waals surface area contributed by atoms with Crippen LogP contribution >= 0.6 is 0 Å². The van der Waals surface area contributed by atoms with Crippen LogP contribution in [0.2, 0.25) is 0 Å². The van der Waals surface area contributed by atoms with Crippen LogP contribution < -0.4 is 16.0 Å². The predicted molar refractivity (Wildman–Crippen MR) is 70.8 cm³/mol. The summed E-state index contributed by atoms with van der Waals surface area (Å²) in [5.74, 6) is 5.49. The van der Waals surface area contributed by atoms with Gasteiger partial charge in [0.25, 0.3) is 10.0 Å². The molecule has 7 nitrogen and oxygen atoms in total. The number of hydrogen-bond acceptors (Lipinski definition) is 6. The molecular formula is C11H18N4O3S. The van der Waals surface area contributed by atoms with Crippen molar-refractivity contribution < 1.29 is 13.2 Å². The van der Waals surface area contributed by atoms with Crippen LogP contribution in [0, 0.1) is 5.92 Å². The smallest absolute Gasteiger partial charge is 0.260 e. The lowest BCUT2D eigenvalue weighted by Gasteiger charge is -2.19. The van der Waals surface area contributed by atoms with E-state index in [2.05, 4.69) is 15.1 Å². The summed E-state index contributed by atoms with van der Waals surface area (Å²) in [6.45, 7) is 3.08. The second-order valence-corrected chi connectivity index (χ2v) is 6.16. The summed E-state index contributed by atoms with van der Waals surface area (Å²) in [6, 6.07) is 2.97. The predicted octanol–water partition coefficient (Wildman–Crippen LogP) is 0.0705. The van der Waals surface area contributed by atoms with E-state index in [0.717, 1.165) is 6.42 Å². The molecule has 0 radical (unpaired) electrons. The maximum absolute atomic E-state index is 12.3. The Labute approximate surface area is 112 Å². The molecule has 2 heterocycles. The Morgan fingerprint density at radius 3 is 3.00 bits per heavy atom. The molecule has 2 rings (SSSR count). The summed E-state index contributed by atoms with van der Waals surface area (Å²) in [5.41, 5.74) is 2.61. The van der Waals surface area contributed by atoms with Crippen LogP contribution in [0.4, 0.5) is 5.69 Å². The third kappa shape index (κ3) is 3.21. The first kappa shape index (κ1) is 14.2. The lowest BCUT2D eigenvalue weighted by molar-refractivity contribution is 0.180. The third-order valence-electron chi connectivity index (χ3n) is 3.19. The first-order chi connectivity index (χ1) is 9.04. The second-order valence-electron chi connectivity index (χ2n) is 4.53. The Hall–Kier alpha value is -1.22. The van der Waals surface area contributed by atoms with Gasteiger partial charge in [-0.25, -0.2) is 18.1 Å². The van der Waals surface area contributed by atoms with Crippen molar-refractivity contribution in [2.75, 3.05) is 18.6 Å².